The van der Waals surface area contributed by atoms with Crippen LogP contribution in [0.1, 0.15) is 12.5 Å². The van der Waals surface area contributed by atoms with Crippen molar-refractivity contribution in [2.24, 2.45) is 0 Å². The maximum Gasteiger partial charge on any atom is 0.0762 e. The Morgan fingerprint density at radius 1 is 1.14 bits per heavy atom. The van der Waals surface area contributed by atoms with E-state index in [1.54, 1.807) is 19.1 Å². The van der Waals surface area contributed by atoms with Crippen molar-refractivity contribution in [3.63, 3.8) is 0 Å². The Morgan fingerprint density at radius 2 is 1.79 bits per heavy atom. The molecule has 0 radical (unpaired) electrons. The largest absolute Gasteiger partial charge is 0.389 e. The minimum Gasteiger partial charge on any atom is -0.389 e. The fourth-order valence-corrected chi connectivity index (χ4v) is 1.21. The van der Waals surface area contributed by atoms with Gasteiger partial charge in [-0.15, -0.1) is 0 Å². The van der Waals surface area contributed by atoms with Crippen molar-refractivity contribution in [1.29, 1.82) is 0 Å². The van der Waals surface area contributed by atoms with Gasteiger partial charge in [0.1, 0.15) is 0 Å². The maximum absolute atomic E-state index is 9.55. The van der Waals surface area contributed by atoms with Crippen LogP contribution in [0.2, 0.25) is 0 Å². The molecule has 2 unspecified atom stereocenters. The molecule has 2 N–H and O–H groups in total. The van der Waals surface area contributed by atoms with Gasteiger partial charge in [0.15, 0.2) is 0 Å². The molecule has 2 heteroatoms. The smallest absolute Gasteiger partial charge is 0.0762 e. The van der Waals surface area contributed by atoms with Crippen LogP contribution in [0.3, 0.4) is 0 Å². The van der Waals surface area contributed by atoms with E-state index in [9.17, 15) is 5.11 Å². The summed E-state index contributed by atoms with van der Waals surface area (Å²) in [6, 6.07) is 9.78. The van der Waals surface area contributed by atoms with Gasteiger partial charge in [-0.3, -0.25) is 0 Å². The molecular formula is C12H16O2. The van der Waals surface area contributed by atoms with Crippen LogP contribution in [-0.4, -0.2) is 22.4 Å². The Morgan fingerprint density at radius 3 is 2.36 bits per heavy atom. The summed E-state index contributed by atoms with van der Waals surface area (Å²) in [5, 5.41) is 18.5. The van der Waals surface area contributed by atoms with Crippen molar-refractivity contribution in [1.82, 2.24) is 0 Å². The van der Waals surface area contributed by atoms with E-state index in [1.807, 2.05) is 30.3 Å². The van der Waals surface area contributed by atoms with Gasteiger partial charge in [-0.2, -0.15) is 0 Å². The third kappa shape index (κ3) is 4.21. The van der Waals surface area contributed by atoms with Gasteiger partial charge >= 0.3 is 0 Å². The molecule has 76 valence electrons. The highest BCUT2D eigenvalue weighted by molar-refractivity contribution is 5.16. The lowest BCUT2D eigenvalue weighted by Crippen LogP contribution is -2.07. The molecule has 0 spiro atoms. The highest BCUT2D eigenvalue weighted by Crippen LogP contribution is 2.04. The van der Waals surface area contributed by atoms with Gasteiger partial charge in [0.2, 0.25) is 0 Å². The SMILES string of the molecule is CC(O)/C=C/C(O)Cc1ccccc1. The van der Waals surface area contributed by atoms with Crippen LogP contribution in [0.4, 0.5) is 0 Å². The van der Waals surface area contributed by atoms with Gasteiger partial charge in [-0.1, -0.05) is 42.5 Å². The first-order chi connectivity index (χ1) is 6.68. The van der Waals surface area contributed by atoms with E-state index in [1.165, 1.54) is 0 Å². The van der Waals surface area contributed by atoms with Crippen LogP contribution in [0.5, 0.6) is 0 Å². The normalized spacial score (nSPS) is 15.6. The van der Waals surface area contributed by atoms with Gasteiger partial charge in [-0.05, 0) is 12.5 Å². The zero-order valence-electron chi connectivity index (χ0n) is 8.30. The van der Waals surface area contributed by atoms with Crippen molar-refractivity contribution >= 4 is 0 Å². The Hall–Kier alpha value is -1.12. The lowest BCUT2D eigenvalue weighted by atomic mass is 10.1. The molecular weight excluding hydrogens is 176 g/mol. The highest BCUT2D eigenvalue weighted by atomic mass is 16.3. The summed E-state index contributed by atoms with van der Waals surface area (Å²) >= 11 is 0. The zero-order chi connectivity index (χ0) is 10.4. The van der Waals surface area contributed by atoms with Gasteiger partial charge < -0.3 is 10.2 Å². The van der Waals surface area contributed by atoms with Crippen LogP contribution in [-0.2, 0) is 6.42 Å². The van der Waals surface area contributed by atoms with Gasteiger partial charge in [0.25, 0.3) is 0 Å². The van der Waals surface area contributed by atoms with Crippen LogP contribution < -0.4 is 0 Å². The summed E-state index contributed by atoms with van der Waals surface area (Å²) < 4.78 is 0. The fourth-order valence-electron chi connectivity index (χ4n) is 1.21. The van der Waals surface area contributed by atoms with Crippen LogP contribution >= 0.6 is 0 Å². The average molecular weight is 192 g/mol. The molecule has 0 fully saturated rings. The molecule has 0 bridgehead atoms. The zero-order valence-corrected chi connectivity index (χ0v) is 8.30. The Bertz CT molecular complexity index is 278. The lowest BCUT2D eigenvalue weighted by molar-refractivity contribution is 0.215. The molecule has 0 aromatic heterocycles. The number of benzene rings is 1. The number of hydrogen-bond acceptors (Lipinski definition) is 2. The minimum atomic E-state index is -0.521. The second-order valence-electron chi connectivity index (χ2n) is 3.38. The maximum atomic E-state index is 9.55. The monoisotopic (exact) mass is 192 g/mol. The molecule has 0 heterocycles. The van der Waals surface area contributed by atoms with Crippen molar-refractivity contribution < 1.29 is 10.2 Å². The Kier molecular flexibility index (Phi) is 4.36. The van der Waals surface area contributed by atoms with E-state index in [2.05, 4.69) is 0 Å². The highest BCUT2D eigenvalue weighted by Gasteiger charge is 2.00. The van der Waals surface area contributed by atoms with Crippen molar-refractivity contribution in [3.8, 4) is 0 Å². The summed E-state index contributed by atoms with van der Waals surface area (Å²) in [5.41, 5.74) is 1.09. The topological polar surface area (TPSA) is 40.5 Å². The van der Waals surface area contributed by atoms with E-state index in [0.717, 1.165) is 5.56 Å². The van der Waals surface area contributed by atoms with E-state index < -0.39 is 12.2 Å². The Balaban J connectivity index is 2.45. The molecule has 2 nitrogen and oxygen atoms in total. The number of aliphatic hydroxyl groups excluding tert-OH is 2. The summed E-state index contributed by atoms with van der Waals surface area (Å²) in [6.45, 7) is 1.66. The van der Waals surface area contributed by atoms with Crippen LogP contribution in [0.25, 0.3) is 0 Å². The molecule has 0 saturated heterocycles. The Labute approximate surface area is 84.5 Å². The molecule has 14 heavy (non-hydrogen) atoms. The predicted molar refractivity (Wildman–Crippen MR) is 57.0 cm³/mol. The lowest BCUT2D eigenvalue weighted by Gasteiger charge is -2.05. The third-order valence-electron chi connectivity index (χ3n) is 1.90. The van der Waals surface area contributed by atoms with Crippen LogP contribution in [0, 0.1) is 0 Å². The predicted octanol–water partition coefficient (Wildman–Crippen LogP) is 1.53. The van der Waals surface area contributed by atoms with Crippen molar-refractivity contribution in [3.05, 3.63) is 48.0 Å². The fraction of sp³-hybridized carbons (Fsp3) is 0.333. The van der Waals surface area contributed by atoms with Crippen molar-refractivity contribution in [2.75, 3.05) is 0 Å². The van der Waals surface area contributed by atoms with Crippen molar-refractivity contribution in [2.45, 2.75) is 25.6 Å². The summed E-state index contributed by atoms with van der Waals surface area (Å²) in [7, 11) is 0. The molecule has 0 aliphatic rings. The van der Waals surface area contributed by atoms with E-state index >= 15 is 0 Å². The standard InChI is InChI=1S/C12H16O2/c1-10(13)7-8-12(14)9-11-5-3-2-4-6-11/h2-8,10,12-14H,9H2,1H3/b8-7+. The van der Waals surface area contributed by atoms with Gasteiger partial charge in [0.05, 0.1) is 12.2 Å². The molecule has 1 aromatic rings. The molecule has 0 saturated carbocycles. The first kappa shape index (κ1) is 11.0. The first-order valence-corrected chi connectivity index (χ1v) is 4.77. The summed E-state index contributed by atoms with van der Waals surface area (Å²) in [4.78, 5) is 0. The molecule has 0 amide bonds. The second kappa shape index (κ2) is 5.58. The first-order valence-electron chi connectivity index (χ1n) is 4.77. The molecule has 1 rings (SSSR count). The summed E-state index contributed by atoms with van der Waals surface area (Å²) in [6.07, 6.45) is 2.78. The van der Waals surface area contributed by atoms with E-state index in [0.29, 0.717) is 6.42 Å². The third-order valence-corrected chi connectivity index (χ3v) is 1.90. The number of hydrogen-bond donors (Lipinski definition) is 2. The van der Waals surface area contributed by atoms with E-state index in [4.69, 9.17) is 5.11 Å². The molecule has 0 aliphatic heterocycles. The van der Waals surface area contributed by atoms with Crippen LogP contribution in [0.15, 0.2) is 42.5 Å². The molecule has 0 aliphatic carbocycles. The van der Waals surface area contributed by atoms with E-state index in [-0.39, 0.29) is 0 Å². The van der Waals surface area contributed by atoms with Gasteiger partial charge in [0, 0.05) is 6.42 Å². The minimum absolute atomic E-state index is 0.500. The number of aliphatic hydroxyl groups is 2. The summed E-state index contributed by atoms with van der Waals surface area (Å²) in [5.74, 6) is 0. The quantitative estimate of drug-likeness (QED) is 0.710. The molecule has 2 atom stereocenters. The average Bonchev–Trinajstić information content (AvgIpc) is 2.16. The second-order valence-corrected chi connectivity index (χ2v) is 3.38. The molecule has 1 aromatic carbocycles. The number of rotatable bonds is 4. The van der Waals surface area contributed by atoms with Gasteiger partial charge in [-0.25, -0.2) is 0 Å².